The summed E-state index contributed by atoms with van der Waals surface area (Å²) in [5.41, 5.74) is 0.645. The number of hydrogen-bond donors (Lipinski definition) is 2. The largest absolute Gasteiger partial charge is 0.478 e. The van der Waals surface area contributed by atoms with Crippen LogP contribution in [-0.2, 0) is 14.8 Å². The Kier molecular flexibility index (Phi) is 4.84. The maximum Gasteiger partial charge on any atom is 0.337 e. The second-order valence-corrected chi connectivity index (χ2v) is 6.94. The van der Waals surface area contributed by atoms with Gasteiger partial charge in [0, 0.05) is 6.61 Å². The van der Waals surface area contributed by atoms with E-state index < -0.39 is 16.0 Å². The first-order chi connectivity index (χ1) is 9.89. The van der Waals surface area contributed by atoms with Crippen molar-refractivity contribution in [3.63, 3.8) is 0 Å². The van der Waals surface area contributed by atoms with Gasteiger partial charge in [0.2, 0.25) is 10.0 Å². The van der Waals surface area contributed by atoms with Crippen molar-refractivity contribution in [2.45, 2.75) is 32.3 Å². The molecule has 1 aromatic rings. The monoisotopic (exact) mass is 313 g/mol. The number of carbonyl (C=O) groups is 1. The molecular weight excluding hydrogens is 294 g/mol. The number of para-hydroxylation sites is 1. The Morgan fingerprint density at radius 3 is 2.81 bits per heavy atom. The summed E-state index contributed by atoms with van der Waals surface area (Å²) in [7, 11) is -3.65. The lowest BCUT2D eigenvalue weighted by molar-refractivity contribution is 0.0306. The molecule has 1 fully saturated rings. The van der Waals surface area contributed by atoms with Crippen LogP contribution in [0.3, 0.4) is 0 Å². The van der Waals surface area contributed by atoms with E-state index in [9.17, 15) is 13.2 Å². The van der Waals surface area contributed by atoms with E-state index in [0.29, 0.717) is 18.6 Å². The smallest absolute Gasteiger partial charge is 0.337 e. The summed E-state index contributed by atoms with van der Waals surface area (Å²) in [6.07, 6.45) is 2.28. The highest BCUT2D eigenvalue weighted by Gasteiger charge is 2.24. The van der Waals surface area contributed by atoms with Crippen LogP contribution in [0.15, 0.2) is 18.2 Å². The summed E-state index contributed by atoms with van der Waals surface area (Å²) >= 11 is 0. The summed E-state index contributed by atoms with van der Waals surface area (Å²) in [6, 6.07) is 4.63. The summed E-state index contributed by atoms with van der Waals surface area (Å²) in [6.45, 7) is 2.24. The molecule has 1 unspecified atom stereocenters. The number of benzene rings is 1. The van der Waals surface area contributed by atoms with Crippen molar-refractivity contribution in [1.82, 2.24) is 0 Å². The lowest BCUT2D eigenvalue weighted by Crippen LogP contribution is -2.31. The first-order valence-electron chi connectivity index (χ1n) is 6.84. The van der Waals surface area contributed by atoms with E-state index in [1.54, 1.807) is 19.1 Å². The number of anilines is 1. The van der Waals surface area contributed by atoms with E-state index in [0.717, 1.165) is 12.8 Å². The SMILES string of the molecule is Cc1cccc(C(=O)O)c1NS(=O)(=O)CC1CCCCO1. The molecule has 1 saturated heterocycles. The first kappa shape index (κ1) is 15.8. The third-order valence-corrected chi connectivity index (χ3v) is 4.77. The van der Waals surface area contributed by atoms with Crippen LogP contribution in [0, 0.1) is 6.92 Å². The van der Waals surface area contributed by atoms with Crippen LogP contribution < -0.4 is 4.72 Å². The second-order valence-electron chi connectivity index (χ2n) is 5.17. The van der Waals surface area contributed by atoms with E-state index >= 15 is 0 Å². The molecule has 116 valence electrons. The minimum Gasteiger partial charge on any atom is -0.478 e. The molecule has 1 aliphatic heterocycles. The number of sulfonamides is 1. The van der Waals surface area contributed by atoms with Crippen LogP contribution in [0.5, 0.6) is 0 Å². The summed E-state index contributed by atoms with van der Waals surface area (Å²) in [5.74, 6) is -1.31. The predicted molar refractivity (Wildman–Crippen MR) is 79.1 cm³/mol. The molecule has 2 rings (SSSR count). The van der Waals surface area contributed by atoms with Crippen molar-refractivity contribution in [1.29, 1.82) is 0 Å². The van der Waals surface area contributed by atoms with Crippen molar-refractivity contribution in [3.05, 3.63) is 29.3 Å². The minimum atomic E-state index is -3.65. The van der Waals surface area contributed by atoms with Gasteiger partial charge >= 0.3 is 5.97 Å². The number of aromatic carboxylic acids is 1. The Hall–Kier alpha value is -1.60. The molecule has 0 aromatic heterocycles. The van der Waals surface area contributed by atoms with E-state index in [4.69, 9.17) is 9.84 Å². The zero-order valence-corrected chi connectivity index (χ0v) is 12.6. The molecule has 0 aliphatic carbocycles. The van der Waals surface area contributed by atoms with Gasteiger partial charge in [-0.25, -0.2) is 13.2 Å². The lowest BCUT2D eigenvalue weighted by Gasteiger charge is -2.23. The minimum absolute atomic E-state index is 0.0527. The molecule has 1 heterocycles. The second kappa shape index (κ2) is 6.44. The van der Waals surface area contributed by atoms with Gasteiger partial charge in [-0.3, -0.25) is 4.72 Å². The molecule has 21 heavy (non-hydrogen) atoms. The molecule has 1 aromatic carbocycles. The maximum atomic E-state index is 12.2. The van der Waals surface area contributed by atoms with Crippen LogP contribution in [0.1, 0.15) is 35.2 Å². The van der Waals surface area contributed by atoms with Crippen molar-refractivity contribution in [2.75, 3.05) is 17.1 Å². The summed E-state index contributed by atoms with van der Waals surface area (Å²) in [5, 5.41) is 9.15. The molecule has 0 bridgehead atoms. The fraction of sp³-hybridized carbons (Fsp3) is 0.500. The quantitative estimate of drug-likeness (QED) is 0.867. The van der Waals surface area contributed by atoms with Crippen molar-refractivity contribution in [2.24, 2.45) is 0 Å². The fourth-order valence-electron chi connectivity index (χ4n) is 2.36. The zero-order chi connectivity index (χ0) is 15.5. The van der Waals surface area contributed by atoms with Gasteiger partial charge in [-0.1, -0.05) is 12.1 Å². The number of ether oxygens (including phenoxy) is 1. The average molecular weight is 313 g/mol. The predicted octanol–water partition coefficient (Wildman–Crippen LogP) is 2.00. The van der Waals surface area contributed by atoms with E-state index in [2.05, 4.69) is 4.72 Å². The van der Waals surface area contributed by atoms with Crippen LogP contribution >= 0.6 is 0 Å². The van der Waals surface area contributed by atoms with Crippen molar-refractivity contribution < 1.29 is 23.1 Å². The number of carboxylic acid groups (broad SMARTS) is 1. The highest BCUT2D eigenvalue weighted by molar-refractivity contribution is 7.92. The van der Waals surface area contributed by atoms with Crippen LogP contribution in [0.25, 0.3) is 0 Å². The van der Waals surface area contributed by atoms with Gasteiger partial charge in [0.05, 0.1) is 23.1 Å². The molecular formula is C14H19NO5S. The Labute approximate surface area is 124 Å². The molecule has 0 saturated carbocycles. The average Bonchev–Trinajstić information content (AvgIpc) is 2.41. The summed E-state index contributed by atoms with van der Waals surface area (Å²) in [4.78, 5) is 11.2. The van der Waals surface area contributed by atoms with Crippen LogP contribution in [-0.4, -0.2) is 38.0 Å². The Morgan fingerprint density at radius 1 is 1.43 bits per heavy atom. The van der Waals surface area contributed by atoms with Crippen molar-refractivity contribution >= 4 is 21.7 Å². The Balaban J connectivity index is 2.18. The molecule has 1 aliphatic rings. The highest BCUT2D eigenvalue weighted by Crippen LogP contribution is 2.23. The van der Waals surface area contributed by atoms with Gasteiger partial charge in [-0.05, 0) is 37.8 Å². The lowest BCUT2D eigenvalue weighted by atomic mass is 10.1. The Morgan fingerprint density at radius 2 is 2.19 bits per heavy atom. The number of aryl methyl sites for hydroxylation is 1. The molecule has 0 spiro atoms. The normalized spacial score (nSPS) is 19.2. The van der Waals surface area contributed by atoms with Gasteiger partial charge in [0.25, 0.3) is 0 Å². The zero-order valence-electron chi connectivity index (χ0n) is 11.8. The van der Waals surface area contributed by atoms with Crippen LogP contribution in [0.2, 0.25) is 0 Å². The number of carboxylic acids is 1. The third kappa shape index (κ3) is 4.18. The first-order valence-corrected chi connectivity index (χ1v) is 8.49. The molecule has 1 atom stereocenters. The Bertz CT molecular complexity index is 620. The van der Waals surface area contributed by atoms with E-state index in [1.165, 1.54) is 6.07 Å². The molecule has 0 amide bonds. The van der Waals surface area contributed by atoms with Crippen molar-refractivity contribution in [3.8, 4) is 0 Å². The van der Waals surface area contributed by atoms with E-state index in [1.807, 2.05) is 0 Å². The van der Waals surface area contributed by atoms with Gasteiger partial charge < -0.3 is 9.84 Å². The van der Waals surface area contributed by atoms with Gasteiger partial charge in [-0.2, -0.15) is 0 Å². The topological polar surface area (TPSA) is 92.7 Å². The van der Waals surface area contributed by atoms with Gasteiger partial charge in [-0.15, -0.1) is 0 Å². The molecule has 7 heteroatoms. The summed E-state index contributed by atoms with van der Waals surface area (Å²) < 4.78 is 32.2. The number of rotatable bonds is 5. The van der Waals surface area contributed by atoms with Gasteiger partial charge in [0.1, 0.15) is 0 Å². The number of nitrogens with one attached hydrogen (secondary N) is 1. The molecule has 0 radical (unpaired) electrons. The van der Waals surface area contributed by atoms with E-state index in [-0.39, 0.29) is 23.1 Å². The third-order valence-electron chi connectivity index (χ3n) is 3.44. The number of hydrogen-bond acceptors (Lipinski definition) is 4. The highest BCUT2D eigenvalue weighted by atomic mass is 32.2. The maximum absolute atomic E-state index is 12.2. The molecule has 2 N–H and O–H groups in total. The van der Waals surface area contributed by atoms with Gasteiger partial charge in [0.15, 0.2) is 0 Å². The standard InChI is InChI=1S/C14H19NO5S/c1-10-5-4-7-12(14(16)17)13(10)15-21(18,19)9-11-6-2-3-8-20-11/h4-5,7,11,15H,2-3,6,8-9H2,1H3,(H,16,17). The molecule has 6 nitrogen and oxygen atoms in total. The fourth-order valence-corrected chi connectivity index (χ4v) is 3.78. The van der Waals surface area contributed by atoms with Crippen LogP contribution in [0.4, 0.5) is 5.69 Å².